The van der Waals surface area contributed by atoms with Crippen molar-refractivity contribution in [3.05, 3.63) is 90.0 Å². The van der Waals surface area contributed by atoms with Gasteiger partial charge in [-0.1, -0.05) is 44.2 Å². The summed E-state index contributed by atoms with van der Waals surface area (Å²) < 4.78 is 32.9. The average Bonchev–Trinajstić information content (AvgIpc) is 2.77. The van der Waals surface area contributed by atoms with E-state index in [1.54, 1.807) is 42.5 Å². The molecular weight excluding hydrogens is 412 g/mol. The molecular formula is C24H26N2O4S. The number of carbonyl (C=O) groups excluding carboxylic acids is 1. The summed E-state index contributed by atoms with van der Waals surface area (Å²) in [7, 11) is -3.67. The zero-order valence-electron chi connectivity index (χ0n) is 17.5. The smallest absolute Gasteiger partial charge is 0.261 e. The molecule has 0 saturated carbocycles. The highest BCUT2D eigenvalue weighted by molar-refractivity contribution is 7.92. The molecule has 2 N–H and O–H groups in total. The number of benzene rings is 3. The van der Waals surface area contributed by atoms with Gasteiger partial charge in [0.25, 0.3) is 15.9 Å². The molecule has 0 aliphatic carbocycles. The van der Waals surface area contributed by atoms with E-state index in [0.29, 0.717) is 30.3 Å². The largest absolute Gasteiger partial charge is 0.493 e. The molecule has 3 aromatic carbocycles. The molecule has 0 unspecified atom stereocenters. The monoisotopic (exact) mass is 438 g/mol. The first kappa shape index (κ1) is 22.4. The fraction of sp³-hybridized carbons (Fsp3) is 0.208. The molecule has 0 radical (unpaired) electrons. The molecule has 6 nitrogen and oxygen atoms in total. The number of anilines is 1. The van der Waals surface area contributed by atoms with Crippen molar-refractivity contribution in [2.24, 2.45) is 5.92 Å². The first-order valence-corrected chi connectivity index (χ1v) is 11.5. The van der Waals surface area contributed by atoms with Gasteiger partial charge in [0.2, 0.25) is 0 Å². The van der Waals surface area contributed by atoms with E-state index >= 15 is 0 Å². The Hall–Kier alpha value is -3.32. The Kier molecular flexibility index (Phi) is 7.31. The minimum absolute atomic E-state index is 0.178. The summed E-state index contributed by atoms with van der Waals surface area (Å²) in [6, 6.07) is 22.0. The number of carbonyl (C=O) groups is 1. The van der Waals surface area contributed by atoms with Crippen LogP contribution in [-0.2, 0) is 16.6 Å². The molecule has 0 fully saturated rings. The van der Waals surface area contributed by atoms with Crippen LogP contribution in [0.5, 0.6) is 5.75 Å². The van der Waals surface area contributed by atoms with Gasteiger partial charge in [0, 0.05) is 17.8 Å². The van der Waals surface area contributed by atoms with Gasteiger partial charge >= 0.3 is 0 Å². The standard InChI is InChI=1S/C24H26N2O4S/c1-18(2)17-30-22-14-8-19(9-15-22)16-25-24(27)20-10-12-21(13-11-20)26-31(28,29)23-6-4-3-5-7-23/h3-15,18,26H,16-17H2,1-2H3,(H,25,27). The molecule has 0 atom stereocenters. The summed E-state index contributed by atoms with van der Waals surface area (Å²) in [4.78, 5) is 12.6. The van der Waals surface area contributed by atoms with E-state index in [0.717, 1.165) is 11.3 Å². The maximum Gasteiger partial charge on any atom is 0.261 e. The van der Waals surface area contributed by atoms with Gasteiger partial charge in [-0.3, -0.25) is 9.52 Å². The summed E-state index contributed by atoms with van der Waals surface area (Å²) in [6.45, 7) is 5.22. The maximum atomic E-state index is 12.4. The molecule has 0 aliphatic rings. The van der Waals surface area contributed by atoms with E-state index < -0.39 is 10.0 Å². The van der Waals surface area contributed by atoms with Crippen molar-refractivity contribution in [3.63, 3.8) is 0 Å². The van der Waals surface area contributed by atoms with Gasteiger partial charge in [-0.15, -0.1) is 0 Å². The Balaban J connectivity index is 1.54. The van der Waals surface area contributed by atoms with Crippen LogP contribution in [0.15, 0.2) is 83.8 Å². The minimum atomic E-state index is -3.67. The topological polar surface area (TPSA) is 84.5 Å². The van der Waals surface area contributed by atoms with Crippen molar-refractivity contribution in [2.45, 2.75) is 25.3 Å². The molecule has 31 heavy (non-hydrogen) atoms. The average molecular weight is 439 g/mol. The first-order chi connectivity index (χ1) is 14.8. The van der Waals surface area contributed by atoms with Gasteiger partial charge < -0.3 is 10.1 Å². The highest BCUT2D eigenvalue weighted by Gasteiger charge is 2.14. The Morgan fingerprint density at radius 1 is 0.903 bits per heavy atom. The zero-order valence-corrected chi connectivity index (χ0v) is 18.4. The van der Waals surface area contributed by atoms with E-state index in [2.05, 4.69) is 23.9 Å². The van der Waals surface area contributed by atoms with Crippen molar-refractivity contribution in [3.8, 4) is 5.75 Å². The van der Waals surface area contributed by atoms with Crippen LogP contribution in [0.25, 0.3) is 0 Å². The number of rotatable bonds is 9. The predicted octanol–water partition coefficient (Wildman–Crippen LogP) is 4.45. The summed E-state index contributed by atoms with van der Waals surface area (Å²) in [6.07, 6.45) is 0. The molecule has 0 bridgehead atoms. The van der Waals surface area contributed by atoms with E-state index in [4.69, 9.17) is 4.74 Å². The minimum Gasteiger partial charge on any atom is -0.493 e. The van der Waals surface area contributed by atoms with Gasteiger partial charge in [0.1, 0.15) is 5.75 Å². The van der Waals surface area contributed by atoms with Gasteiger partial charge in [-0.05, 0) is 60.0 Å². The van der Waals surface area contributed by atoms with Crippen LogP contribution in [0.2, 0.25) is 0 Å². The van der Waals surface area contributed by atoms with Crippen LogP contribution in [-0.4, -0.2) is 20.9 Å². The number of sulfonamides is 1. The van der Waals surface area contributed by atoms with Gasteiger partial charge in [-0.2, -0.15) is 0 Å². The number of amides is 1. The maximum absolute atomic E-state index is 12.4. The van der Waals surface area contributed by atoms with Crippen LogP contribution < -0.4 is 14.8 Å². The number of ether oxygens (including phenoxy) is 1. The second kappa shape index (κ2) is 10.1. The molecule has 0 aromatic heterocycles. The highest BCUT2D eigenvalue weighted by atomic mass is 32.2. The number of hydrogen-bond donors (Lipinski definition) is 2. The Bertz CT molecular complexity index is 1090. The zero-order chi connectivity index (χ0) is 22.3. The fourth-order valence-electron chi connectivity index (χ4n) is 2.75. The van der Waals surface area contributed by atoms with Crippen LogP contribution >= 0.6 is 0 Å². The van der Waals surface area contributed by atoms with Gasteiger partial charge in [-0.25, -0.2) is 8.42 Å². The van der Waals surface area contributed by atoms with Crippen molar-refractivity contribution >= 4 is 21.6 Å². The second-order valence-electron chi connectivity index (χ2n) is 7.53. The summed E-state index contributed by atoms with van der Waals surface area (Å²) in [5.74, 6) is 1.02. The summed E-state index contributed by atoms with van der Waals surface area (Å²) >= 11 is 0. The second-order valence-corrected chi connectivity index (χ2v) is 9.21. The third kappa shape index (κ3) is 6.58. The lowest BCUT2D eigenvalue weighted by Gasteiger charge is -2.10. The Labute approximate surface area is 183 Å². The number of nitrogens with one attached hydrogen (secondary N) is 2. The van der Waals surface area contributed by atoms with E-state index in [1.165, 1.54) is 12.1 Å². The van der Waals surface area contributed by atoms with Crippen LogP contribution in [0, 0.1) is 5.92 Å². The van der Waals surface area contributed by atoms with E-state index in [1.807, 2.05) is 24.3 Å². The lowest BCUT2D eigenvalue weighted by Crippen LogP contribution is -2.22. The summed E-state index contributed by atoms with van der Waals surface area (Å²) in [5.41, 5.74) is 1.79. The molecule has 0 heterocycles. The fourth-order valence-corrected chi connectivity index (χ4v) is 3.83. The van der Waals surface area contributed by atoms with Crippen LogP contribution in [0.4, 0.5) is 5.69 Å². The van der Waals surface area contributed by atoms with E-state index in [-0.39, 0.29) is 10.8 Å². The predicted molar refractivity (Wildman–Crippen MR) is 122 cm³/mol. The molecule has 1 amide bonds. The Morgan fingerprint density at radius 3 is 2.16 bits per heavy atom. The third-order valence-electron chi connectivity index (χ3n) is 4.41. The number of hydrogen-bond acceptors (Lipinski definition) is 4. The highest BCUT2D eigenvalue weighted by Crippen LogP contribution is 2.17. The van der Waals surface area contributed by atoms with Crippen LogP contribution in [0.1, 0.15) is 29.8 Å². The molecule has 0 spiro atoms. The normalized spacial score (nSPS) is 11.2. The van der Waals surface area contributed by atoms with Crippen molar-refractivity contribution in [1.82, 2.24) is 5.32 Å². The Morgan fingerprint density at radius 2 is 1.55 bits per heavy atom. The van der Waals surface area contributed by atoms with Gasteiger partial charge in [0.05, 0.1) is 11.5 Å². The quantitative estimate of drug-likeness (QED) is 0.517. The molecule has 0 saturated heterocycles. The van der Waals surface area contributed by atoms with Crippen molar-refractivity contribution < 1.29 is 17.9 Å². The first-order valence-electron chi connectivity index (χ1n) is 10.0. The third-order valence-corrected chi connectivity index (χ3v) is 5.81. The van der Waals surface area contributed by atoms with Crippen molar-refractivity contribution in [2.75, 3.05) is 11.3 Å². The van der Waals surface area contributed by atoms with Crippen molar-refractivity contribution in [1.29, 1.82) is 0 Å². The molecule has 3 aromatic rings. The van der Waals surface area contributed by atoms with E-state index in [9.17, 15) is 13.2 Å². The lowest BCUT2D eigenvalue weighted by molar-refractivity contribution is 0.0951. The SMILES string of the molecule is CC(C)COc1ccc(CNC(=O)c2ccc(NS(=O)(=O)c3ccccc3)cc2)cc1. The molecule has 162 valence electrons. The summed E-state index contributed by atoms with van der Waals surface area (Å²) in [5, 5.41) is 2.86. The van der Waals surface area contributed by atoms with Gasteiger partial charge in [0.15, 0.2) is 0 Å². The molecule has 7 heteroatoms. The molecule has 3 rings (SSSR count). The lowest BCUT2D eigenvalue weighted by atomic mass is 10.1. The van der Waals surface area contributed by atoms with Crippen LogP contribution in [0.3, 0.4) is 0 Å². The molecule has 0 aliphatic heterocycles.